The second-order valence-corrected chi connectivity index (χ2v) is 3.34. The third-order valence-corrected chi connectivity index (χ3v) is 2.68. The maximum atomic E-state index is 9.35. The second kappa shape index (κ2) is 3.52. The van der Waals surface area contributed by atoms with Crippen LogP contribution in [0.2, 0.25) is 0 Å². The fourth-order valence-electron chi connectivity index (χ4n) is 1.43. The van der Waals surface area contributed by atoms with Gasteiger partial charge >= 0.3 is 0 Å². The maximum absolute atomic E-state index is 9.35. The van der Waals surface area contributed by atoms with Crippen LogP contribution in [0.4, 0.5) is 0 Å². The molecule has 3 nitrogen and oxygen atoms in total. The van der Waals surface area contributed by atoms with Crippen molar-refractivity contribution >= 4 is 0 Å². The van der Waals surface area contributed by atoms with E-state index < -0.39 is 0 Å². The van der Waals surface area contributed by atoms with Crippen LogP contribution in [-0.2, 0) is 4.74 Å². The Bertz CT molecular complexity index is 125. The van der Waals surface area contributed by atoms with E-state index in [9.17, 15) is 5.11 Å². The number of hydrogen-bond acceptors (Lipinski definition) is 3. The van der Waals surface area contributed by atoms with E-state index >= 15 is 0 Å². The Hall–Kier alpha value is -0.120. The quantitative estimate of drug-likeness (QED) is 0.568. The van der Waals surface area contributed by atoms with Crippen LogP contribution in [0.15, 0.2) is 0 Å². The lowest BCUT2D eigenvalue weighted by atomic mass is 9.85. The highest BCUT2D eigenvalue weighted by Crippen LogP contribution is 2.26. The molecule has 1 aliphatic heterocycles. The number of aliphatic hydroxyl groups excluding tert-OH is 2. The van der Waals surface area contributed by atoms with E-state index in [1.54, 1.807) is 0 Å². The molecule has 0 amide bonds. The van der Waals surface area contributed by atoms with Crippen molar-refractivity contribution in [1.82, 2.24) is 0 Å². The molecule has 1 rings (SSSR count). The first-order chi connectivity index (χ1) is 5.16. The van der Waals surface area contributed by atoms with E-state index in [1.807, 2.05) is 13.8 Å². The molecule has 3 heteroatoms. The molecular formula is C8H16O3. The first kappa shape index (κ1) is 8.97. The molecule has 1 saturated heterocycles. The summed E-state index contributed by atoms with van der Waals surface area (Å²) < 4.78 is 5.22. The van der Waals surface area contributed by atoms with Gasteiger partial charge in [0.2, 0.25) is 0 Å². The van der Waals surface area contributed by atoms with Crippen molar-refractivity contribution in [3.8, 4) is 0 Å². The summed E-state index contributed by atoms with van der Waals surface area (Å²) in [6.45, 7) is 4.39. The number of hydrogen-bond donors (Lipinski definition) is 2. The lowest BCUT2D eigenvalue weighted by Crippen LogP contribution is -2.44. The van der Waals surface area contributed by atoms with Gasteiger partial charge in [-0.15, -0.1) is 0 Å². The molecule has 0 aliphatic carbocycles. The highest BCUT2D eigenvalue weighted by molar-refractivity contribution is 4.80. The smallest absolute Gasteiger partial charge is 0.0836 e. The second-order valence-electron chi connectivity index (χ2n) is 3.34. The van der Waals surface area contributed by atoms with Crippen LogP contribution >= 0.6 is 0 Å². The zero-order valence-corrected chi connectivity index (χ0v) is 7.03. The molecule has 0 saturated carbocycles. The van der Waals surface area contributed by atoms with Crippen molar-refractivity contribution in [2.45, 2.75) is 26.1 Å². The van der Waals surface area contributed by atoms with Gasteiger partial charge in [-0.3, -0.25) is 0 Å². The molecule has 11 heavy (non-hydrogen) atoms. The Morgan fingerprint density at radius 3 is 2.55 bits per heavy atom. The summed E-state index contributed by atoms with van der Waals surface area (Å²) in [6.07, 6.45) is -0.457. The van der Waals surface area contributed by atoms with Gasteiger partial charge in [-0.05, 0) is 11.8 Å². The monoisotopic (exact) mass is 160 g/mol. The Balaban J connectivity index is 2.52. The van der Waals surface area contributed by atoms with Crippen LogP contribution in [0.25, 0.3) is 0 Å². The van der Waals surface area contributed by atoms with Gasteiger partial charge in [-0.2, -0.15) is 0 Å². The molecular weight excluding hydrogens is 144 g/mol. The lowest BCUT2D eigenvalue weighted by Gasteiger charge is -2.36. The summed E-state index contributed by atoms with van der Waals surface area (Å²) in [5.74, 6) is 0.463. The fraction of sp³-hybridized carbons (Fsp3) is 1.00. The fourth-order valence-corrected chi connectivity index (χ4v) is 1.43. The van der Waals surface area contributed by atoms with Crippen LogP contribution in [0.1, 0.15) is 13.8 Å². The molecule has 0 aromatic heterocycles. The van der Waals surface area contributed by atoms with Gasteiger partial charge < -0.3 is 14.9 Å². The van der Waals surface area contributed by atoms with E-state index in [4.69, 9.17) is 9.84 Å². The van der Waals surface area contributed by atoms with Crippen LogP contribution in [0.5, 0.6) is 0 Å². The average molecular weight is 160 g/mol. The molecule has 2 N–H and O–H groups in total. The largest absolute Gasteiger partial charge is 0.394 e. The van der Waals surface area contributed by atoms with E-state index in [2.05, 4.69) is 0 Å². The van der Waals surface area contributed by atoms with Gasteiger partial charge in [0.1, 0.15) is 0 Å². The molecule has 0 spiro atoms. The predicted molar refractivity (Wildman–Crippen MR) is 41.2 cm³/mol. The normalized spacial score (nSPS) is 45.8. The Kier molecular flexibility index (Phi) is 2.87. The lowest BCUT2D eigenvalue weighted by molar-refractivity contribution is -0.130. The van der Waals surface area contributed by atoms with Gasteiger partial charge in [0.15, 0.2) is 0 Å². The van der Waals surface area contributed by atoms with Crippen molar-refractivity contribution in [2.75, 3.05) is 13.2 Å². The van der Waals surface area contributed by atoms with E-state index in [-0.39, 0.29) is 30.7 Å². The molecule has 1 fully saturated rings. The van der Waals surface area contributed by atoms with Gasteiger partial charge in [0, 0.05) is 0 Å². The molecule has 4 atom stereocenters. The van der Waals surface area contributed by atoms with Crippen molar-refractivity contribution in [3.63, 3.8) is 0 Å². The summed E-state index contributed by atoms with van der Waals surface area (Å²) in [4.78, 5) is 0. The summed E-state index contributed by atoms with van der Waals surface area (Å²) in [7, 11) is 0. The van der Waals surface area contributed by atoms with Crippen molar-refractivity contribution < 1.29 is 14.9 Å². The highest BCUT2D eigenvalue weighted by atomic mass is 16.5. The van der Waals surface area contributed by atoms with Crippen LogP contribution < -0.4 is 0 Å². The van der Waals surface area contributed by atoms with Gasteiger partial charge in [-0.25, -0.2) is 0 Å². The molecule has 0 bridgehead atoms. The highest BCUT2D eigenvalue weighted by Gasteiger charge is 2.33. The Labute approximate surface area is 67.0 Å². The molecule has 4 unspecified atom stereocenters. The first-order valence-electron chi connectivity index (χ1n) is 4.07. The minimum absolute atomic E-state index is 0.0538. The molecule has 0 aromatic rings. The van der Waals surface area contributed by atoms with E-state index in [0.29, 0.717) is 6.61 Å². The number of aliphatic hydroxyl groups is 2. The first-order valence-corrected chi connectivity index (χ1v) is 4.07. The summed E-state index contributed by atoms with van der Waals surface area (Å²) in [5, 5.41) is 18.2. The third kappa shape index (κ3) is 1.72. The summed E-state index contributed by atoms with van der Waals surface area (Å²) >= 11 is 0. The van der Waals surface area contributed by atoms with Crippen LogP contribution in [0, 0.1) is 11.8 Å². The van der Waals surface area contributed by atoms with Crippen molar-refractivity contribution in [3.05, 3.63) is 0 Å². The third-order valence-electron chi connectivity index (χ3n) is 2.68. The Morgan fingerprint density at radius 1 is 1.36 bits per heavy atom. The summed E-state index contributed by atoms with van der Waals surface area (Å²) in [5.41, 5.74) is 0. The van der Waals surface area contributed by atoms with E-state index in [0.717, 1.165) is 0 Å². The SMILES string of the molecule is CC1C(O)COC(CO)C1C. The molecule has 1 heterocycles. The molecule has 0 aromatic carbocycles. The van der Waals surface area contributed by atoms with Crippen molar-refractivity contribution in [1.29, 1.82) is 0 Å². The van der Waals surface area contributed by atoms with Crippen LogP contribution in [0.3, 0.4) is 0 Å². The van der Waals surface area contributed by atoms with E-state index in [1.165, 1.54) is 0 Å². The molecule has 0 radical (unpaired) electrons. The molecule has 66 valence electrons. The standard InChI is InChI=1S/C8H16O3/c1-5-6(2)8(3-9)11-4-7(5)10/h5-10H,3-4H2,1-2H3. The Morgan fingerprint density at radius 2 is 2.00 bits per heavy atom. The number of rotatable bonds is 1. The minimum atomic E-state index is -0.368. The zero-order chi connectivity index (χ0) is 8.43. The van der Waals surface area contributed by atoms with Gasteiger partial charge in [0.05, 0.1) is 25.4 Å². The van der Waals surface area contributed by atoms with Crippen molar-refractivity contribution in [2.24, 2.45) is 11.8 Å². The topological polar surface area (TPSA) is 49.7 Å². The minimum Gasteiger partial charge on any atom is -0.394 e. The predicted octanol–water partition coefficient (Wildman–Crippen LogP) is 0.0106. The number of ether oxygens (including phenoxy) is 1. The molecule has 1 aliphatic rings. The average Bonchev–Trinajstić information content (AvgIpc) is 2.01. The van der Waals surface area contributed by atoms with Gasteiger partial charge in [0.25, 0.3) is 0 Å². The summed E-state index contributed by atoms with van der Waals surface area (Å²) in [6, 6.07) is 0. The van der Waals surface area contributed by atoms with Crippen LogP contribution in [-0.4, -0.2) is 35.6 Å². The maximum Gasteiger partial charge on any atom is 0.0836 e. The zero-order valence-electron chi connectivity index (χ0n) is 7.03. The van der Waals surface area contributed by atoms with Gasteiger partial charge in [-0.1, -0.05) is 13.8 Å².